The van der Waals surface area contributed by atoms with Gasteiger partial charge in [-0.15, -0.1) is 0 Å². The summed E-state index contributed by atoms with van der Waals surface area (Å²) in [7, 11) is 3.53. The van der Waals surface area contributed by atoms with E-state index in [0.29, 0.717) is 11.5 Å². The molecule has 0 aromatic heterocycles. The molecule has 0 aromatic carbocycles. The molecular weight excluding hydrogens is 368 g/mol. The van der Waals surface area contributed by atoms with Crippen LogP contribution in [0, 0.1) is 0 Å². The lowest BCUT2D eigenvalue weighted by Crippen LogP contribution is -1.93. The topological polar surface area (TPSA) is 115 Å². The molecule has 0 radical (unpaired) electrons. The Morgan fingerprint density at radius 3 is 1.23 bits per heavy atom. The number of carboxylic acid groups (broad SMARTS) is 2. The van der Waals surface area contributed by atoms with Crippen LogP contribution in [0.1, 0.15) is 25.7 Å². The lowest BCUT2D eigenvalue weighted by Gasteiger charge is -1.96. The van der Waals surface area contributed by atoms with E-state index in [-0.39, 0.29) is 26.1 Å². The SMILES string of the molecule is O=C(O)CCS.O=C(O)CCS.OCCCSSCCCO. The molecule has 0 amide bonds. The number of hydrogen-bond acceptors (Lipinski definition) is 8. The van der Waals surface area contributed by atoms with Crippen molar-refractivity contribution in [1.29, 1.82) is 0 Å². The number of aliphatic carboxylic acids is 2. The summed E-state index contributed by atoms with van der Waals surface area (Å²) in [4.78, 5) is 19.1. The van der Waals surface area contributed by atoms with Crippen molar-refractivity contribution >= 4 is 58.8 Å². The van der Waals surface area contributed by atoms with Crippen LogP contribution in [0.4, 0.5) is 0 Å². The van der Waals surface area contributed by atoms with Crippen LogP contribution in [0.25, 0.3) is 0 Å². The average molecular weight is 395 g/mol. The summed E-state index contributed by atoms with van der Waals surface area (Å²) in [6, 6.07) is 0. The molecule has 0 aliphatic carbocycles. The molecule has 6 nitrogen and oxygen atoms in total. The normalized spacial score (nSPS) is 9.09. The zero-order valence-electron chi connectivity index (χ0n) is 12.4. The number of rotatable bonds is 11. The van der Waals surface area contributed by atoms with Crippen LogP contribution in [0.5, 0.6) is 0 Å². The molecule has 0 aliphatic rings. The van der Waals surface area contributed by atoms with E-state index in [0.717, 1.165) is 24.3 Å². The largest absolute Gasteiger partial charge is 0.481 e. The van der Waals surface area contributed by atoms with E-state index < -0.39 is 11.9 Å². The minimum absolute atomic E-state index is 0.156. The molecule has 10 heteroatoms. The zero-order valence-corrected chi connectivity index (χ0v) is 15.8. The Morgan fingerprint density at radius 2 is 1.09 bits per heavy atom. The predicted octanol–water partition coefficient (Wildman–Crippen LogP) is 1.91. The fourth-order valence-corrected chi connectivity index (χ4v) is 3.08. The van der Waals surface area contributed by atoms with Gasteiger partial charge in [0.25, 0.3) is 0 Å². The quantitative estimate of drug-likeness (QED) is 0.179. The molecule has 0 aromatic rings. The van der Waals surface area contributed by atoms with Gasteiger partial charge in [-0.3, -0.25) is 9.59 Å². The van der Waals surface area contributed by atoms with Gasteiger partial charge in [0.2, 0.25) is 0 Å². The van der Waals surface area contributed by atoms with Crippen molar-refractivity contribution in [3.63, 3.8) is 0 Å². The second kappa shape index (κ2) is 26.2. The van der Waals surface area contributed by atoms with Gasteiger partial charge in [-0.2, -0.15) is 25.3 Å². The second-order valence-electron chi connectivity index (χ2n) is 3.53. The molecule has 0 rings (SSSR count). The number of carbonyl (C=O) groups is 2. The molecule has 22 heavy (non-hydrogen) atoms. The van der Waals surface area contributed by atoms with Crippen LogP contribution in [0.3, 0.4) is 0 Å². The van der Waals surface area contributed by atoms with E-state index in [1.807, 2.05) is 0 Å². The lowest BCUT2D eigenvalue weighted by atomic mass is 10.5. The first kappa shape index (κ1) is 27.1. The van der Waals surface area contributed by atoms with Crippen molar-refractivity contribution in [1.82, 2.24) is 0 Å². The van der Waals surface area contributed by atoms with E-state index in [2.05, 4.69) is 25.3 Å². The van der Waals surface area contributed by atoms with E-state index in [1.165, 1.54) is 0 Å². The monoisotopic (exact) mass is 394 g/mol. The van der Waals surface area contributed by atoms with Gasteiger partial charge >= 0.3 is 11.9 Å². The number of aliphatic hydroxyl groups is 2. The third-order valence-electron chi connectivity index (χ3n) is 1.51. The molecule has 0 aliphatic heterocycles. The average Bonchev–Trinajstić information content (AvgIpc) is 2.44. The number of aliphatic hydroxyl groups excluding tert-OH is 2. The van der Waals surface area contributed by atoms with Crippen molar-refractivity contribution in [3.05, 3.63) is 0 Å². The summed E-state index contributed by atoms with van der Waals surface area (Å²) in [6.07, 6.45) is 2.06. The minimum Gasteiger partial charge on any atom is -0.481 e. The fourth-order valence-electron chi connectivity index (χ4n) is 0.556. The summed E-state index contributed by atoms with van der Waals surface area (Å²) >= 11 is 7.36. The molecular formula is C12H26O6S4. The Bertz CT molecular complexity index is 220. The molecule has 0 heterocycles. The lowest BCUT2D eigenvalue weighted by molar-refractivity contribution is -0.137. The van der Waals surface area contributed by atoms with Gasteiger partial charge in [-0.1, -0.05) is 21.6 Å². The Kier molecular flexibility index (Phi) is 32.3. The molecule has 4 N–H and O–H groups in total. The number of carboxylic acids is 2. The van der Waals surface area contributed by atoms with E-state index >= 15 is 0 Å². The van der Waals surface area contributed by atoms with Crippen molar-refractivity contribution < 1.29 is 30.0 Å². The summed E-state index contributed by atoms with van der Waals surface area (Å²) in [6.45, 7) is 0.571. The van der Waals surface area contributed by atoms with E-state index in [4.69, 9.17) is 20.4 Å². The van der Waals surface area contributed by atoms with E-state index in [9.17, 15) is 9.59 Å². The minimum atomic E-state index is -0.787. The van der Waals surface area contributed by atoms with Crippen molar-refractivity contribution in [2.24, 2.45) is 0 Å². The molecule has 0 unspecified atom stereocenters. The molecule has 0 saturated heterocycles. The molecule has 0 bridgehead atoms. The Hall–Kier alpha value is 0.260. The Morgan fingerprint density at radius 1 is 0.773 bits per heavy atom. The van der Waals surface area contributed by atoms with Crippen LogP contribution in [0.2, 0.25) is 0 Å². The van der Waals surface area contributed by atoms with Crippen LogP contribution in [0.15, 0.2) is 0 Å². The highest BCUT2D eigenvalue weighted by atomic mass is 33.1. The molecule has 0 spiro atoms. The summed E-state index contributed by atoms with van der Waals surface area (Å²) in [5.41, 5.74) is 0. The number of thiol groups is 2. The first-order valence-electron chi connectivity index (χ1n) is 6.57. The highest BCUT2D eigenvalue weighted by Gasteiger charge is 1.89. The first-order valence-corrected chi connectivity index (χ1v) is 10.3. The predicted molar refractivity (Wildman–Crippen MR) is 101 cm³/mol. The van der Waals surface area contributed by atoms with Gasteiger partial charge in [0.1, 0.15) is 0 Å². The Balaban J connectivity index is -0.000000261. The summed E-state index contributed by atoms with van der Waals surface area (Å²) < 4.78 is 0. The van der Waals surface area contributed by atoms with E-state index in [1.54, 1.807) is 21.6 Å². The first-order chi connectivity index (χ1) is 10.5. The van der Waals surface area contributed by atoms with Crippen molar-refractivity contribution in [3.8, 4) is 0 Å². The molecule has 0 fully saturated rings. The van der Waals surface area contributed by atoms with Gasteiger partial charge in [-0.25, -0.2) is 0 Å². The second-order valence-corrected chi connectivity index (χ2v) is 7.13. The van der Waals surface area contributed by atoms with Gasteiger partial charge in [-0.05, 0) is 12.8 Å². The molecule has 134 valence electrons. The fraction of sp³-hybridized carbons (Fsp3) is 0.833. The maximum atomic E-state index is 9.55. The third-order valence-corrected chi connectivity index (χ3v) is 4.53. The standard InChI is InChI=1S/C6H14O2S2.2C3H6O2S/c7-3-1-5-9-10-6-2-4-8;2*4-3(5)1-2-6/h7-8H,1-6H2;2*6H,1-2H2,(H,4,5). The highest BCUT2D eigenvalue weighted by molar-refractivity contribution is 8.76. The smallest absolute Gasteiger partial charge is 0.304 e. The molecule has 0 saturated carbocycles. The maximum absolute atomic E-state index is 9.55. The van der Waals surface area contributed by atoms with Crippen LogP contribution >= 0.6 is 46.8 Å². The van der Waals surface area contributed by atoms with Crippen molar-refractivity contribution in [2.45, 2.75) is 25.7 Å². The van der Waals surface area contributed by atoms with Crippen LogP contribution in [-0.4, -0.2) is 68.6 Å². The Labute approximate surface area is 150 Å². The van der Waals surface area contributed by atoms with Crippen LogP contribution in [-0.2, 0) is 9.59 Å². The molecule has 0 atom stereocenters. The van der Waals surface area contributed by atoms with Gasteiger partial charge < -0.3 is 20.4 Å². The zero-order chi connectivity index (χ0) is 17.6. The van der Waals surface area contributed by atoms with Gasteiger partial charge in [0.15, 0.2) is 0 Å². The third kappa shape index (κ3) is 42.7. The van der Waals surface area contributed by atoms with Crippen LogP contribution < -0.4 is 0 Å². The maximum Gasteiger partial charge on any atom is 0.304 e. The summed E-state index contributed by atoms with van der Waals surface area (Å²) in [5.74, 6) is 1.29. The van der Waals surface area contributed by atoms with Crippen molar-refractivity contribution in [2.75, 3.05) is 36.2 Å². The van der Waals surface area contributed by atoms with Gasteiger partial charge in [0, 0.05) is 36.2 Å². The highest BCUT2D eigenvalue weighted by Crippen LogP contribution is 2.21. The number of hydrogen-bond donors (Lipinski definition) is 6. The van der Waals surface area contributed by atoms with Gasteiger partial charge in [0.05, 0.1) is 12.8 Å². The summed E-state index contributed by atoms with van der Waals surface area (Å²) in [5, 5.41) is 32.5.